The Kier molecular flexibility index (Phi) is 1.66. The summed E-state index contributed by atoms with van der Waals surface area (Å²) in [6, 6.07) is 9.54. The van der Waals surface area contributed by atoms with Gasteiger partial charge in [0.1, 0.15) is 0 Å². The molecule has 0 bridgehead atoms. The summed E-state index contributed by atoms with van der Waals surface area (Å²) in [5, 5.41) is 3.29. The SMILES string of the molecule is CCc1ccc([C@H]2CN2)cc1. The summed E-state index contributed by atoms with van der Waals surface area (Å²) in [5.41, 5.74) is 2.86. The lowest BCUT2D eigenvalue weighted by molar-refractivity contribution is 1.06. The molecule has 1 aromatic carbocycles. The van der Waals surface area contributed by atoms with E-state index in [2.05, 4.69) is 36.5 Å². The second-order valence-electron chi connectivity index (χ2n) is 3.06. The number of rotatable bonds is 2. The molecule has 1 heterocycles. The van der Waals surface area contributed by atoms with Crippen LogP contribution in [0.2, 0.25) is 0 Å². The van der Waals surface area contributed by atoms with Crippen molar-refractivity contribution >= 4 is 0 Å². The maximum absolute atomic E-state index is 3.29. The third-order valence-electron chi connectivity index (χ3n) is 2.20. The first-order valence-electron chi connectivity index (χ1n) is 4.22. The van der Waals surface area contributed by atoms with Crippen LogP contribution in [0.1, 0.15) is 24.1 Å². The van der Waals surface area contributed by atoms with Crippen LogP contribution in [0.3, 0.4) is 0 Å². The van der Waals surface area contributed by atoms with Crippen LogP contribution in [0.5, 0.6) is 0 Å². The Morgan fingerprint density at radius 1 is 1.36 bits per heavy atom. The molecular weight excluding hydrogens is 134 g/mol. The Morgan fingerprint density at radius 3 is 2.45 bits per heavy atom. The molecule has 1 heteroatoms. The van der Waals surface area contributed by atoms with Crippen molar-refractivity contribution in [2.75, 3.05) is 6.54 Å². The smallest absolute Gasteiger partial charge is 0.0447 e. The van der Waals surface area contributed by atoms with Crippen LogP contribution in [0.4, 0.5) is 0 Å². The van der Waals surface area contributed by atoms with E-state index in [9.17, 15) is 0 Å². The summed E-state index contributed by atoms with van der Waals surface area (Å²) in [6.45, 7) is 3.34. The molecule has 0 aromatic heterocycles. The van der Waals surface area contributed by atoms with Crippen LogP contribution >= 0.6 is 0 Å². The minimum absolute atomic E-state index is 0.654. The van der Waals surface area contributed by atoms with E-state index < -0.39 is 0 Å². The van der Waals surface area contributed by atoms with Gasteiger partial charge in [-0.15, -0.1) is 0 Å². The zero-order chi connectivity index (χ0) is 7.68. The van der Waals surface area contributed by atoms with Gasteiger partial charge in [0.25, 0.3) is 0 Å². The maximum Gasteiger partial charge on any atom is 0.0447 e. The van der Waals surface area contributed by atoms with Crippen molar-refractivity contribution in [1.82, 2.24) is 5.32 Å². The van der Waals surface area contributed by atoms with Gasteiger partial charge in [-0.2, -0.15) is 0 Å². The predicted molar refractivity (Wildman–Crippen MR) is 46.6 cm³/mol. The molecule has 1 N–H and O–H groups in total. The average Bonchev–Trinajstić information content (AvgIpc) is 2.87. The predicted octanol–water partition coefficient (Wildman–Crippen LogP) is 1.89. The summed E-state index contributed by atoms with van der Waals surface area (Å²) >= 11 is 0. The van der Waals surface area contributed by atoms with E-state index in [1.165, 1.54) is 11.1 Å². The van der Waals surface area contributed by atoms with Crippen molar-refractivity contribution in [2.45, 2.75) is 19.4 Å². The number of aryl methyl sites for hydroxylation is 1. The summed E-state index contributed by atoms with van der Waals surface area (Å²) in [6.07, 6.45) is 1.14. The molecule has 1 aliphatic rings. The molecule has 0 amide bonds. The molecule has 1 aromatic rings. The summed E-state index contributed by atoms with van der Waals surface area (Å²) in [5.74, 6) is 0. The van der Waals surface area contributed by atoms with Gasteiger partial charge in [-0.05, 0) is 17.5 Å². The fraction of sp³-hybridized carbons (Fsp3) is 0.400. The minimum atomic E-state index is 0.654. The molecule has 0 spiro atoms. The summed E-state index contributed by atoms with van der Waals surface area (Å²) in [7, 11) is 0. The molecule has 0 saturated carbocycles. The highest BCUT2D eigenvalue weighted by atomic mass is 15.1. The molecule has 0 radical (unpaired) electrons. The Hall–Kier alpha value is -0.820. The van der Waals surface area contributed by atoms with Gasteiger partial charge in [0.15, 0.2) is 0 Å². The van der Waals surface area contributed by atoms with Crippen molar-refractivity contribution in [3.8, 4) is 0 Å². The molecular formula is C10H13N. The Bertz CT molecular complexity index is 234. The Labute approximate surface area is 67.4 Å². The Morgan fingerprint density at radius 2 is 2.00 bits per heavy atom. The minimum Gasteiger partial charge on any atom is -0.307 e. The normalized spacial score (nSPS) is 21.7. The highest BCUT2D eigenvalue weighted by molar-refractivity contribution is 5.27. The molecule has 1 atom stereocenters. The van der Waals surface area contributed by atoms with Crippen LogP contribution in [0, 0.1) is 0 Å². The van der Waals surface area contributed by atoms with Gasteiger partial charge < -0.3 is 5.32 Å². The molecule has 1 nitrogen and oxygen atoms in total. The van der Waals surface area contributed by atoms with E-state index in [-0.39, 0.29) is 0 Å². The van der Waals surface area contributed by atoms with Crippen molar-refractivity contribution in [3.63, 3.8) is 0 Å². The van der Waals surface area contributed by atoms with Crippen LogP contribution in [0.15, 0.2) is 24.3 Å². The highest BCUT2D eigenvalue weighted by Gasteiger charge is 2.21. The van der Waals surface area contributed by atoms with Crippen molar-refractivity contribution < 1.29 is 0 Å². The van der Waals surface area contributed by atoms with Crippen molar-refractivity contribution in [2.24, 2.45) is 0 Å². The molecule has 0 unspecified atom stereocenters. The van der Waals surface area contributed by atoms with E-state index in [4.69, 9.17) is 0 Å². The lowest BCUT2D eigenvalue weighted by atomic mass is 10.1. The van der Waals surface area contributed by atoms with Crippen LogP contribution in [0.25, 0.3) is 0 Å². The third-order valence-corrected chi connectivity index (χ3v) is 2.20. The van der Waals surface area contributed by atoms with E-state index in [1.54, 1.807) is 0 Å². The second kappa shape index (κ2) is 2.67. The quantitative estimate of drug-likeness (QED) is 0.634. The van der Waals surface area contributed by atoms with Gasteiger partial charge in [0.2, 0.25) is 0 Å². The summed E-state index contributed by atoms with van der Waals surface area (Å²) < 4.78 is 0. The van der Waals surface area contributed by atoms with Gasteiger partial charge in [0.05, 0.1) is 0 Å². The number of hydrogen-bond acceptors (Lipinski definition) is 1. The number of benzene rings is 1. The monoisotopic (exact) mass is 147 g/mol. The van der Waals surface area contributed by atoms with Gasteiger partial charge in [-0.1, -0.05) is 31.2 Å². The zero-order valence-corrected chi connectivity index (χ0v) is 6.80. The van der Waals surface area contributed by atoms with Gasteiger partial charge in [0, 0.05) is 12.6 Å². The van der Waals surface area contributed by atoms with Gasteiger partial charge >= 0.3 is 0 Å². The summed E-state index contributed by atoms with van der Waals surface area (Å²) in [4.78, 5) is 0. The Balaban J connectivity index is 2.19. The van der Waals surface area contributed by atoms with E-state index in [0.717, 1.165) is 13.0 Å². The number of nitrogens with one attached hydrogen (secondary N) is 1. The standard InChI is InChI=1S/C10H13N/c1-2-8-3-5-9(6-4-8)10-7-11-10/h3-6,10-11H,2,7H2,1H3/t10-/m1/s1. The third kappa shape index (κ3) is 1.43. The van der Waals surface area contributed by atoms with E-state index in [0.29, 0.717) is 6.04 Å². The first kappa shape index (κ1) is 6.86. The average molecular weight is 147 g/mol. The first-order chi connectivity index (χ1) is 5.40. The van der Waals surface area contributed by atoms with E-state index >= 15 is 0 Å². The first-order valence-corrected chi connectivity index (χ1v) is 4.22. The highest BCUT2D eigenvalue weighted by Crippen LogP contribution is 2.21. The van der Waals surface area contributed by atoms with Gasteiger partial charge in [-0.3, -0.25) is 0 Å². The largest absolute Gasteiger partial charge is 0.307 e. The molecule has 2 rings (SSSR count). The maximum atomic E-state index is 3.29. The molecule has 0 aliphatic carbocycles. The second-order valence-corrected chi connectivity index (χ2v) is 3.06. The van der Waals surface area contributed by atoms with Crippen molar-refractivity contribution in [3.05, 3.63) is 35.4 Å². The van der Waals surface area contributed by atoms with E-state index in [1.807, 2.05) is 0 Å². The molecule has 11 heavy (non-hydrogen) atoms. The van der Waals surface area contributed by atoms with Crippen molar-refractivity contribution in [1.29, 1.82) is 0 Å². The molecule has 58 valence electrons. The lowest BCUT2D eigenvalue weighted by Gasteiger charge is -1.98. The lowest BCUT2D eigenvalue weighted by Crippen LogP contribution is -1.85. The molecule has 1 saturated heterocycles. The van der Waals surface area contributed by atoms with Crippen LogP contribution in [-0.4, -0.2) is 6.54 Å². The zero-order valence-electron chi connectivity index (χ0n) is 6.80. The molecule has 1 aliphatic heterocycles. The van der Waals surface area contributed by atoms with Crippen LogP contribution < -0.4 is 5.32 Å². The fourth-order valence-corrected chi connectivity index (χ4v) is 1.28. The fourth-order valence-electron chi connectivity index (χ4n) is 1.28. The molecule has 1 fully saturated rings. The number of hydrogen-bond donors (Lipinski definition) is 1. The van der Waals surface area contributed by atoms with Crippen LogP contribution in [-0.2, 0) is 6.42 Å². The van der Waals surface area contributed by atoms with Gasteiger partial charge in [-0.25, -0.2) is 0 Å². The topological polar surface area (TPSA) is 21.9 Å².